The highest BCUT2D eigenvalue weighted by Gasteiger charge is 2.05. The molecule has 0 radical (unpaired) electrons. The third-order valence-corrected chi connectivity index (χ3v) is 2.53. The van der Waals surface area contributed by atoms with Crippen molar-refractivity contribution >= 4 is 11.7 Å². The van der Waals surface area contributed by atoms with E-state index in [9.17, 15) is 4.79 Å². The first kappa shape index (κ1) is 15.3. The average molecular weight is 267 g/mol. The van der Waals surface area contributed by atoms with Gasteiger partial charge in [0.2, 0.25) is 0 Å². The molecule has 0 saturated carbocycles. The van der Waals surface area contributed by atoms with Gasteiger partial charge in [-0.25, -0.2) is 0 Å². The maximum atomic E-state index is 10.6. The highest BCUT2D eigenvalue weighted by Crippen LogP contribution is 2.22. The van der Waals surface area contributed by atoms with E-state index in [0.29, 0.717) is 18.9 Å². The van der Waals surface area contributed by atoms with Crippen LogP contribution in [0.25, 0.3) is 0 Å². The molecule has 0 bridgehead atoms. The van der Waals surface area contributed by atoms with Crippen LogP contribution in [0.5, 0.6) is 5.75 Å². The largest absolute Gasteiger partial charge is 0.490 e. The molecular weight excluding hydrogens is 246 g/mol. The SMILES string of the molecule is COCCCc1cc(N)ccc1OCCOC(C)=O. The molecule has 0 spiro atoms. The molecule has 106 valence electrons. The molecule has 2 N–H and O–H groups in total. The summed E-state index contributed by atoms with van der Waals surface area (Å²) < 4.78 is 15.4. The third-order valence-electron chi connectivity index (χ3n) is 2.53. The Hall–Kier alpha value is -1.75. The number of benzene rings is 1. The molecule has 0 aliphatic carbocycles. The second kappa shape index (κ2) is 8.37. The number of nitrogen functional groups attached to an aromatic ring is 1. The van der Waals surface area contributed by atoms with Crippen molar-refractivity contribution < 1.29 is 19.0 Å². The number of carbonyl (C=O) groups excluding carboxylic acids is 1. The van der Waals surface area contributed by atoms with Gasteiger partial charge in [0.05, 0.1) is 0 Å². The van der Waals surface area contributed by atoms with Gasteiger partial charge >= 0.3 is 5.97 Å². The Morgan fingerprint density at radius 2 is 2.05 bits per heavy atom. The summed E-state index contributed by atoms with van der Waals surface area (Å²) in [5.74, 6) is 0.471. The first-order valence-electron chi connectivity index (χ1n) is 6.27. The molecule has 0 aromatic heterocycles. The topological polar surface area (TPSA) is 70.8 Å². The molecule has 5 heteroatoms. The number of hydrogen-bond donors (Lipinski definition) is 1. The van der Waals surface area contributed by atoms with Crippen molar-refractivity contribution in [1.29, 1.82) is 0 Å². The fraction of sp³-hybridized carbons (Fsp3) is 0.500. The summed E-state index contributed by atoms with van der Waals surface area (Å²) >= 11 is 0. The van der Waals surface area contributed by atoms with Crippen molar-refractivity contribution in [3.8, 4) is 5.75 Å². The molecule has 0 atom stereocenters. The number of rotatable bonds is 8. The minimum Gasteiger partial charge on any atom is -0.490 e. The zero-order chi connectivity index (χ0) is 14.1. The number of hydrogen-bond acceptors (Lipinski definition) is 5. The Balaban J connectivity index is 2.52. The molecule has 0 aliphatic rings. The minimum atomic E-state index is -0.304. The van der Waals surface area contributed by atoms with E-state index < -0.39 is 0 Å². The van der Waals surface area contributed by atoms with Gasteiger partial charge in [-0.05, 0) is 36.6 Å². The molecule has 1 aromatic carbocycles. The van der Waals surface area contributed by atoms with Gasteiger partial charge in [0.15, 0.2) is 0 Å². The lowest BCUT2D eigenvalue weighted by atomic mass is 10.1. The zero-order valence-electron chi connectivity index (χ0n) is 11.5. The zero-order valence-corrected chi connectivity index (χ0v) is 11.5. The highest BCUT2D eigenvalue weighted by atomic mass is 16.6. The number of esters is 1. The molecule has 19 heavy (non-hydrogen) atoms. The van der Waals surface area contributed by atoms with Gasteiger partial charge in [0.25, 0.3) is 0 Å². The lowest BCUT2D eigenvalue weighted by molar-refractivity contribution is -0.141. The Kier molecular flexibility index (Phi) is 6.74. The summed E-state index contributed by atoms with van der Waals surface area (Å²) in [5.41, 5.74) is 7.52. The first-order chi connectivity index (χ1) is 9.13. The number of nitrogens with two attached hydrogens (primary N) is 1. The van der Waals surface area contributed by atoms with Gasteiger partial charge in [0, 0.05) is 26.3 Å². The summed E-state index contributed by atoms with van der Waals surface area (Å²) in [6.07, 6.45) is 1.74. The Bertz CT molecular complexity index is 406. The van der Waals surface area contributed by atoms with Crippen LogP contribution in [-0.4, -0.2) is 32.9 Å². The van der Waals surface area contributed by atoms with Crippen LogP contribution < -0.4 is 10.5 Å². The normalized spacial score (nSPS) is 10.2. The van der Waals surface area contributed by atoms with Gasteiger partial charge in [-0.3, -0.25) is 4.79 Å². The van der Waals surface area contributed by atoms with E-state index in [2.05, 4.69) is 0 Å². The number of methoxy groups -OCH3 is 1. The maximum absolute atomic E-state index is 10.6. The van der Waals surface area contributed by atoms with Gasteiger partial charge in [0.1, 0.15) is 19.0 Å². The third kappa shape index (κ3) is 6.10. The quantitative estimate of drug-likeness (QED) is 0.442. The number of aryl methyl sites for hydroxylation is 1. The Morgan fingerprint density at radius 1 is 1.26 bits per heavy atom. The van der Waals surface area contributed by atoms with Crippen molar-refractivity contribution in [3.05, 3.63) is 23.8 Å². The predicted octanol–water partition coefficient (Wildman–Crippen LogP) is 1.79. The second-order valence-corrected chi connectivity index (χ2v) is 4.15. The van der Waals surface area contributed by atoms with E-state index >= 15 is 0 Å². The van der Waals surface area contributed by atoms with Crippen LogP contribution in [0.3, 0.4) is 0 Å². The molecular formula is C14H21NO4. The van der Waals surface area contributed by atoms with Crippen molar-refractivity contribution in [2.75, 3.05) is 32.7 Å². The predicted molar refractivity (Wildman–Crippen MR) is 73.2 cm³/mol. The van der Waals surface area contributed by atoms with E-state index in [1.807, 2.05) is 12.1 Å². The summed E-state index contributed by atoms with van der Waals surface area (Å²) in [6, 6.07) is 5.53. The number of ether oxygens (including phenoxy) is 3. The average Bonchev–Trinajstić information content (AvgIpc) is 2.36. The Morgan fingerprint density at radius 3 is 2.74 bits per heavy atom. The molecule has 0 aliphatic heterocycles. The summed E-state index contributed by atoms with van der Waals surface area (Å²) in [5, 5.41) is 0. The van der Waals surface area contributed by atoms with Crippen LogP contribution in [0.4, 0.5) is 5.69 Å². The lowest BCUT2D eigenvalue weighted by Crippen LogP contribution is -2.10. The van der Waals surface area contributed by atoms with Crippen molar-refractivity contribution in [2.24, 2.45) is 0 Å². The van der Waals surface area contributed by atoms with Crippen molar-refractivity contribution in [2.45, 2.75) is 19.8 Å². The van der Waals surface area contributed by atoms with Crippen LogP contribution in [-0.2, 0) is 20.7 Å². The first-order valence-corrected chi connectivity index (χ1v) is 6.27. The van der Waals surface area contributed by atoms with Gasteiger partial charge in [-0.1, -0.05) is 0 Å². The Labute approximate surface area is 113 Å². The monoisotopic (exact) mass is 267 g/mol. The molecule has 0 saturated heterocycles. The molecule has 0 amide bonds. The minimum absolute atomic E-state index is 0.247. The van der Waals surface area contributed by atoms with E-state index in [4.69, 9.17) is 19.9 Å². The highest BCUT2D eigenvalue weighted by molar-refractivity contribution is 5.65. The van der Waals surface area contributed by atoms with E-state index in [0.717, 1.165) is 24.2 Å². The van der Waals surface area contributed by atoms with Crippen molar-refractivity contribution in [1.82, 2.24) is 0 Å². The summed E-state index contributed by atoms with van der Waals surface area (Å²) in [4.78, 5) is 10.6. The van der Waals surface area contributed by atoms with E-state index in [1.54, 1.807) is 13.2 Å². The molecule has 0 heterocycles. The maximum Gasteiger partial charge on any atom is 0.302 e. The second-order valence-electron chi connectivity index (χ2n) is 4.15. The fourth-order valence-corrected chi connectivity index (χ4v) is 1.68. The molecule has 0 unspecified atom stereocenters. The van der Waals surface area contributed by atoms with Crippen LogP contribution in [0.1, 0.15) is 18.9 Å². The van der Waals surface area contributed by atoms with E-state index in [-0.39, 0.29) is 12.6 Å². The van der Waals surface area contributed by atoms with Crippen LogP contribution in [0, 0.1) is 0 Å². The fourth-order valence-electron chi connectivity index (χ4n) is 1.68. The van der Waals surface area contributed by atoms with Gasteiger partial charge < -0.3 is 19.9 Å². The van der Waals surface area contributed by atoms with Crippen LogP contribution >= 0.6 is 0 Å². The summed E-state index contributed by atoms with van der Waals surface area (Å²) in [7, 11) is 1.68. The number of anilines is 1. The van der Waals surface area contributed by atoms with Crippen LogP contribution in [0.15, 0.2) is 18.2 Å². The van der Waals surface area contributed by atoms with Crippen molar-refractivity contribution in [3.63, 3.8) is 0 Å². The van der Waals surface area contributed by atoms with E-state index in [1.165, 1.54) is 6.92 Å². The smallest absolute Gasteiger partial charge is 0.302 e. The lowest BCUT2D eigenvalue weighted by Gasteiger charge is -2.12. The molecule has 1 aromatic rings. The number of carbonyl (C=O) groups is 1. The molecule has 0 fully saturated rings. The summed E-state index contributed by atoms with van der Waals surface area (Å²) in [6.45, 7) is 2.65. The molecule has 1 rings (SSSR count). The molecule has 5 nitrogen and oxygen atoms in total. The standard InChI is InChI=1S/C14H21NO4/c1-11(16)18-8-9-19-14-6-5-13(15)10-12(14)4-3-7-17-2/h5-6,10H,3-4,7-9,15H2,1-2H3. The van der Waals surface area contributed by atoms with Crippen LogP contribution in [0.2, 0.25) is 0 Å². The van der Waals surface area contributed by atoms with Gasteiger partial charge in [-0.2, -0.15) is 0 Å². The van der Waals surface area contributed by atoms with Gasteiger partial charge in [-0.15, -0.1) is 0 Å².